The summed E-state index contributed by atoms with van der Waals surface area (Å²) in [7, 11) is 0. The van der Waals surface area contributed by atoms with Crippen LogP contribution >= 0.6 is 0 Å². The SMILES string of the molecule is CCCC(Nc1ccc(C#N)cc1F)C(=O)OCC. The minimum atomic E-state index is -0.576. The Labute approximate surface area is 112 Å². The Morgan fingerprint density at radius 1 is 1.53 bits per heavy atom. The first-order chi connectivity index (χ1) is 9.12. The number of carbonyl (C=O) groups is 1. The summed E-state index contributed by atoms with van der Waals surface area (Å²) in [5.74, 6) is -0.947. The molecule has 0 bridgehead atoms. The molecule has 0 radical (unpaired) electrons. The minimum Gasteiger partial charge on any atom is -0.464 e. The molecule has 0 fully saturated rings. The molecular weight excluding hydrogens is 247 g/mol. The maximum atomic E-state index is 13.7. The topological polar surface area (TPSA) is 62.1 Å². The number of rotatable bonds is 6. The molecule has 1 unspecified atom stereocenters. The maximum Gasteiger partial charge on any atom is 0.328 e. The van der Waals surface area contributed by atoms with Crippen LogP contribution in [0.5, 0.6) is 0 Å². The van der Waals surface area contributed by atoms with Crippen LogP contribution in [0, 0.1) is 17.1 Å². The first-order valence-corrected chi connectivity index (χ1v) is 6.25. The number of nitriles is 1. The van der Waals surface area contributed by atoms with E-state index in [1.165, 1.54) is 12.1 Å². The summed E-state index contributed by atoms with van der Waals surface area (Å²) in [5, 5.41) is 11.5. The second kappa shape index (κ2) is 7.37. The van der Waals surface area contributed by atoms with Crippen molar-refractivity contribution in [1.29, 1.82) is 5.26 Å². The number of ether oxygens (including phenoxy) is 1. The molecule has 0 aromatic heterocycles. The van der Waals surface area contributed by atoms with E-state index in [4.69, 9.17) is 10.00 Å². The third kappa shape index (κ3) is 4.25. The predicted octanol–water partition coefficient (Wildman–Crippen LogP) is 2.84. The summed E-state index contributed by atoms with van der Waals surface area (Å²) < 4.78 is 18.7. The lowest BCUT2D eigenvalue weighted by molar-refractivity contribution is -0.144. The first kappa shape index (κ1) is 15.0. The van der Waals surface area contributed by atoms with Crippen LogP contribution < -0.4 is 5.32 Å². The number of halogens is 1. The molecule has 1 aromatic carbocycles. The number of esters is 1. The van der Waals surface area contributed by atoms with E-state index in [1.54, 1.807) is 6.92 Å². The van der Waals surface area contributed by atoms with Crippen molar-refractivity contribution < 1.29 is 13.9 Å². The van der Waals surface area contributed by atoms with E-state index in [-0.39, 0.29) is 17.9 Å². The fourth-order valence-electron chi connectivity index (χ4n) is 1.67. The Kier molecular flexibility index (Phi) is 5.80. The lowest BCUT2D eigenvalue weighted by atomic mass is 10.1. The van der Waals surface area contributed by atoms with Gasteiger partial charge in [0.2, 0.25) is 0 Å². The van der Waals surface area contributed by atoms with Gasteiger partial charge in [-0.3, -0.25) is 0 Å². The van der Waals surface area contributed by atoms with Crippen molar-refractivity contribution >= 4 is 11.7 Å². The van der Waals surface area contributed by atoms with E-state index in [0.29, 0.717) is 6.42 Å². The van der Waals surface area contributed by atoms with Gasteiger partial charge in [0.25, 0.3) is 0 Å². The van der Waals surface area contributed by atoms with Gasteiger partial charge in [-0.15, -0.1) is 0 Å². The van der Waals surface area contributed by atoms with Crippen LogP contribution in [0.2, 0.25) is 0 Å². The zero-order valence-electron chi connectivity index (χ0n) is 11.1. The van der Waals surface area contributed by atoms with Crippen molar-refractivity contribution in [3.8, 4) is 6.07 Å². The molecule has 0 saturated heterocycles. The number of carbonyl (C=O) groups excluding carboxylic acids is 1. The predicted molar refractivity (Wildman–Crippen MR) is 70.1 cm³/mol. The number of anilines is 1. The summed E-state index contributed by atoms with van der Waals surface area (Å²) in [6, 6.07) is 5.37. The van der Waals surface area contributed by atoms with Crippen molar-refractivity contribution in [1.82, 2.24) is 0 Å². The van der Waals surface area contributed by atoms with Gasteiger partial charge < -0.3 is 10.1 Å². The molecule has 102 valence electrons. The molecule has 1 N–H and O–H groups in total. The Balaban J connectivity index is 2.84. The number of nitrogens with zero attached hydrogens (tertiary/aromatic N) is 1. The van der Waals surface area contributed by atoms with Crippen molar-refractivity contribution in [2.45, 2.75) is 32.7 Å². The zero-order chi connectivity index (χ0) is 14.3. The summed E-state index contributed by atoms with van der Waals surface area (Å²) in [5.41, 5.74) is 0.441. The maximum absolute atomic E-state index is 13.7. The lowest BCUT2D eigenvalue weighted by Gasteiger charge is -2.18. The highest BCUT2D eigenvalue weighted by Gasteiger charge is 2.19. The van der Waals surface area contributed by atoms with Gasteiger partial charge in [0.1, 0.15) is 11.9 Å². The molecular formula is C14H17FN2O2. The zero-order valence-corrected chi connectivity index (χ0v) is 11.1. The van der Waals surface area contributed by atoms with Gasteiger partial charge in [0, 0.05) is 0 Å². The summed E-state index contributed by atoms with van der Waals surface area (Å²) >= 11 is 0. The summed E-state index contributed by atoms with van der Waals surface area (Å²) in [6.07, 6.45) is 1.33. The molecule has 1 aromatic rings. The Hall–Kier alpha value is -2.09. The van der Waals surface area contributed by atoms with Crippen LogP contribution in [0.25, 0.3) is 0 Å². The van der Waals surface area contributed by atoms with E-state index < -0.39 is 17.8 Å². The molecule has 0 spiro atoms. The van der Waals surface area contributed by atoms with Gasteiger partial charge in [-0.25, -0.2) is 9.18 Å². The van der Waals surface area contributed by atoms with Gasteiger partial charge in [0.05, 0.1) is 23.9 Å². The first-order valence-electron chi connectivity index (χ1n) is 6.25. The average Bonchev–Trinajstić information content (AvgIpc) is 2.40. The number of nitrogens with one attached hydrogen (secondary N) is 1. The monoisotopic (exact) mass is 264 g/mol. The van der Waals surface area contributed by atoms with Crippen LogP contribution in [0.1, 0.15) is 32.3 Å². The van der Waals surface area contributed by atoms with Crippen molar-refractivity contribution in [3.05, 3.63) is 29.6 Å². The molecule has 0 saturated carbocycles. The van der Waals surface area contributed by atoms with Gasteiger partial charge in [-0.1, -0.05) is 13.3 Å². The molecule has 0 aliphatic heterocycles. The van der Waals surface area contributed by atoms with Crippen LogP contribution in [-0.2, 0) is 9.53 Å². The number of benzene rings is 1. The molecule has 19 heavy (non-hydrogen) atoms. The van der Waals surface area contributed by atoms with Crippen LogP contribution in [-0.4, -0.2) is 18.6 Å². The third-order valence-corrected chi connectivity index (χ3v) is 2.58. The normalized spacial score (nSPS) is 11.5. The standard InChI is InChI=1S/C14H17FN2O2/c1-3-5-13(14(18)19-4-2)17-12-7-6-10(9-16)8-11(12)15/h6-8,13,17H,3-5H2,1-2H3. The van der Waals surface area contributed by atoms with Crippen molar-refractivity contribution in [3.63, 3.8) is 0 Å². The highest BCUT2D eigenvalue weighted by molar-refractivity contribution is 5.79. The highest BCUT2D eigenvalue weighted by atomic mass is 19.1. The Morgan fingerprint density at radius 2 is 2.26 bits per heavy atom. The fraction of sp³-hybridized carbons (Fsp3) is 0.429. The summed E-state index contributed by atoms with van der Waals surface area (Å²) in [6.45, 7) is 3.95. The Morgan fingerprint density at radius 3 is 2.79 bits per heavy atom. The third-order valence-electron chi connectivity index (χ3n) is 2.58. The largest absolute Gasteiger partial charge is 0.464 e. The molecule has 0 aliphatic rings. The van der Waals surface area contributed by atoms with Crippen LogP contribution in [0.15, 0.2) is 18.2 Å². The van der Waals surface area contributed by atoms with Gasteiger partial charge in [-0.05, 0) is 31.5 Å². The van der Waals surface area contributed by atoms with E-state index in [2.05, 4.69) is 5.32 Å². The van der Waals surface area contributed by atoms with E-state index in [9.17, 15) is 9.18 Å². The van der Waals surface area contributed by atoms with Crippen molar-refractivity contribution in [2.75, 3.05) is 11.9 Å². The smallest absolute Gasteiger partial charge is 0.328 e. The summed E-state index contributed by atoms with van der Waals surface area (Å²) in [4.78, 5) is 11.7. The number of hydrogen-bond acceptors (Lipinski definition) is 4. The van der Waals surface area contributed by atoms with Crippen LogP contribution in [0.3, 0.4) is 0 Å². The highest BCUT2D eigenvalue weighted by Crippen LogP contribution is 2.18. The fourth-order valence-corrected chi connectivity index (χ4v) is 1.67. The second-order valence-corrected chi connectivity index (χ2v) is 4.04. The number of hydrogen-bond donors (Lipinski definition) is 1. The molecule has 0 amide bonds. The second-order valence-electron chi connectivity index (χ2n) is 4.04. The van der Waals surface area contributed by atoms with E-state index in [1.807, 2.05) is 13.0 Å². The minimum absolute atomic E-state index is 0.200. The quantitative estimate of drug-likeness (QED) is 0.802. The molecule has 0 heterocycles. The van der Waals surface area contributed by atoms with Gasteiger partial charge in [0.15, 0.2) is 0 Å². The molecule has 5 heteroatoms. The lowest BCUT2D eigenvalue weighted by Crippen LogP contribution is -2.31. The van der Waals surface area contributed by atoms with Crippen molar-refractivity contribution in [2.24, 2.45) is 0 Å². The Bertz CT molecular complexity index is 483. The molecule has 1 rings (SSSR count). The van der Waals surface area contributed by atoms with E-state index in [0.717, 1.165) is 12.5 Å². The molecule has 0 aliphatic carbocycles. The van der Waals surface area contributed by atoms with E-state index >= 15 is 0 Å². The van der Waals surface area contributed by atoms with Crippen LogP contribution in [0.4, 0.5) is 10.1 Å². The van der Waals surface area contributed by atoms with Gasteiger partial charge >= 0.3 is 5.97 Å². The molecule has 4 nitrogen and oxygen atoms in total. The average molecular weight is 264 g/mol. The van der Waals surface area contributed by atoms with Gasteiger partial charge in [-0.2, -0.15) is 5.26 Å². The molecule has 1 atom stereocenters.